The van der Waals surface area contributed by atoms with Crippen molar-refractivity contribution in [2.24, 2.45) is 5.92 Å². The van der Waals surface area contributed by atoms with Gasteiger partial charge in [-0.25, -0.2) is 0 Å². The summed E-state index contributed by atoms with van der Waals surface area (Å²) in [4.78, 5) is 0. The summed E-state index contributed by atoms with van der Waals surface area (Å²) in [5, 5.41) is 2.99. The predicted molar refractivity (Wildman–Crippen MR) is 127 cm³/mol. The fourth-order valence-corrected chi connectivity index (χ4v) is 7.34. The summed E-state index contributed by atoms with van der Waals surface area (Å²) < 4.78 is 0. The van der Waals surface area contributed by atoms with Crippen molar-refractivity contribution in [3.05, 3.63) is 114 Å². The Morgan fingerprint density at radius 1 is 0.714 bits per heavy atom. The van der Waals surface area contributed by atoms with Crippen LogP contribution >= 0.6 is 0 Å². The molecule has 28 heavy (non-hydrogen) atoms. The molecule has 142 valence electrons. The van der Waals surface area contributed by atoms with Gasteiger partial charge < -0.3 is 0 Å². The number of benzene rings is 3. The average molecular weight is 383 g/mol. The zero-order valence-corrected chi connectivity index (χ0v) is 18.4. The zero-order chi connectivity index (χ0) is 20.0. The third-order valence-corrected chi connectivity index (χ3v) is 9.06. The van der Waals surface area contributed by atoms with Gasteiger partial charge in [-0.05, 0) is 34.7 Å². The number of hydrogen-bond acceptors (Lipinski definition) is 0. The van der Waals surface area contributed by atoms with E-state index in [4.69, 9.17) is 0 Å². The van der Waals surface area contributed by atoms with Crippen LogP contribution in [0.3, 0.4) is 0 Å². The summed E-state index contributed by atoms with van der Waals surface area (Å²) in [6.45, 7) is 9.40. The highest BCUT2D eigenvalue weighted by molar-refractivity contribution is 7.05. The summed E-state index contributed by atoms with van der Waals surface area (Å²) >= 11 is 0. The molecule has 3 aromatic carbocycles. The monoisotopic (exact) mass is 382 g/mol. The van der Waals surface area contributed by atoms with E-state index in [9.17, 15) is 0 Å². The smallest absolute Gasteiger partial charge is 0.0911 e. The van der Waals surface area contributed by atoms with Crippen molar-refractivity contribution >= 4 is 24.0 Å². The fourth-order valence-electron chi connectivity index (χ4n) is 4.09. The lowest BCUT2D eigenvalue weighted by atomic mass is 9.91. The van der Waals surface area contributed by atoms with Crippen LogP contribution in [-0.4, -0.2) is 8.07 Å². The van der Waals surface area contributed by atoms with E-state index in [0.29, 0.717) is 5.92 Å². The summed E-state index contributed by atoms with van der Waals surface area (Å²) in [7, 11) is -1.94. The molecule has 0 bridgehead atoms. The predicted octanol–water partition coefficient (Wildman–Crippen LogP) is 6.96. The second kappa shape index (κ2) is 9.03. The van der Waals surface area contributed by atoms with Crippen LogP contribution < -0.4 is 5.19 Å². The third-order valence-electron chi connectivity index (χ3n) is 5.47. The molecule has 1 atom stereocenters. The van der Waals surface area contributed by atoms with E-state index in [0.717, 1.165) is 0 Å². The van der Waals surface area contributed by atoms with Gasteiger partial charge in [0.25, 0.3) is 0 Å². The maximum absolute atomic E-state index is 2.48. The Morgan fingerprint density at radius 2 is 1.18 bits per heavy atom. The van der Waals surface area contributed by atoms with Crippen LogP contribution in [0.5, 0.6) is 0 Å². The highest BCUT2D eigenvalue weighted by Gasteiger charge is 2.33. The van der Waals surface area contributed by atoms with Crippen LogP contribution in [-0.2, 0) is 0 Å². The van der Waals surface area contributed by atoms with Crippen molar-refractivity contribution in [1.82, 2.24) is 0 Å². The molecule has 3 rings (SSSR count). The largest absolute Gasteiger partial charge is 0.113 e. The normalized spacial score (nSPS) is 14.0. The maximum Gasteiger partial charge on any atom is 0.113 e. The molecule has 0 N–H and O–H groups in total. The van der Waals surface area contributed by atoms with Gasteiger partial charge in [-0.2, -0.15) is 0 Å². The van der Waals surface area contributed by atoms with Crippen molar-refractivity contribution in [3.8, 4) is 0 Å². The molecule has 0 amide bonds. The lowest BCUT2D eigenvalue weighted by Gasteiger charge is -2.32. The van der Waals surface area contributed by atoms with Crippen molar-refractivity contribution in [2.45, 2.75) is 26.9 Å². The molecule has 1 heteroatoms. The van der Waals surface area contributed by atoms with Gasteiger partial charge in [0.1, 0.15) is 8.07 Å². The molecule has 0 aromatic heterocycles. The van der Waals surface area contributed by atoms with E-state index < -0.39 is 8.07 Å². The first-order valence-electron chi connectivity index (χ1n) is 10.1. The van der Waals surface area contributed by atoms with Crippen LogP contribution in [0.25, 0.3) is 10.8 Å². The maximum atomic E-state index is 2.48. The van der Waals surface area contributed by atoms with E-state index >= 15 is 0 Å². The number of allylic oxidation sites excluding steroid dienone is 3. The summed E-state index contributed by atoms with van der Waals surface area (Å²) in [6, 6.07) is 33.0. The highest BCUT2D eigenvalue weighted by Crippen LogP contribution is 2.38. The minimum absolute atomic E-state index is 0.345. The Labute approximate surface area is 171 Å². The van der Waals surface area contributed by atoms with E-state index in [1.54, 1.807) is 0 Å². The van der Waals surface area contributed by atoms with E-state index in [-0.39, 0.29) is 0 Å². The SMILES string of the molecule is C/C=C/C(C)/C(=C(/c1ccccc1)[Si](C)(C)c1ccccc1)c1ccccc1. The van der Waals surface area contributed by atoms with Crippen molar-refractivity contribution in [3.63, 3.8) is 0 Å². The molecule has 0 heterocycles. The second-order valence-corrected chi connectivity index (χ2v) is 12.2. The van der Waals surface area contributed by atoms with Crippen LogP contribution in [0.4, 0.5) is 0 Å². The lowest BCUT2D eigenvalue weighted by molar-refractivity contribution is 0.964. The molecule has 0 saturated heterocycles. The molecule has 1 unspecified atom stereocenters. The molecular formula is C27H30Si. The summed E-state index contributed by atoms with van der Waals surface area (Å²) in [5.41, 5.74) is 4.12. The van der Waals surface area contributed by atoms with E-state index in [1.807, 2.05) is 0 Å². The molecular weight excluding hydrogens is 352 g/mol. The minimum Gasteiger partial charge on any atom is -0.0911 e. The Morgan fingerprint density at radius 3 is 1.68 bits per heavy atom. The Balaban J connectivity index is 2.38. The van der Waals surface area contributed by atoms with Crippen molar-refractivity contribution in [2.75, 3.05) is 0 Å². The van der Waals surface area contributed by atoms with Crippen LogP contribution in [0, 0.1) is 5.92 Å². The first kappa shape index (κ1) is 20.1. The molecule has 0 aliphatic rings. The lowest BCUT2D eigenvalue weighted by Crippen LogP contribution is -2.43. The quantitative estimate of drug-likeness (QED) is 0.245. The van der Waals surface area contributed by atoms with Gasteiger partial charge in [0.2, 0.25) is 0 Å². The molecule has 0 spiro atoms. The standard InChI is InChI=1S/C27H30Si/c1-5-15-22(2)26(23-16-9-6-10-17-23)27(24-18-11-7-12-19-24)28(3,4)25-20-13-8-14-21-25/h5-22H,1-4H3/b15-5+,27-26+. The Bertz CT molecular complexity index is 935. The first-order chi connectivity index (χ1) is 13.6. The Hall–Kier alpha value is -2.64. The van der Waals surface area contributed by atoms with E-state index in [1.165, 1.54) is 27.1 Å². The highest BCUT2D eigenvalue weighted by atomic mass is 28.3. The van der Waals surface area contributed by atoms with Crippen LogP contribution in [0.1, 0.15) is 25.0 Å². The Kier molecular flexibility index (Phi) is 6.48. The molecule has 3 aromatic rings. The van der Waals surface area contributed by atoms with Gasteiger partial charge in [-0.15, -0.1) is 0 Å². The number of rotatable bonds is 6. The molecule has 0 aliphatic carbocycles. The first-order valence-corrected chi connectivity index (χ1v) is 13.1. The average Bonchev–Trinajstić information content (AvgIpc) is 2.73. The molecule has 0 saturated carbocycles. The van der Waals surface area contributed by atoms with Gasteiger partial charge in [0.15, 0.2) is 0 Å². The van der Waals surface area contributed by atoms with Gasteiger partial charge in [0, 0.05) is 0 Å². The molecule has 0 radical (unpaired) electrons. The molecule has 0 fully saturated rings. The topological polar surface area (TPSA) is 0 Å². The van der Waals surface area contributed by atoms with Crippen LogP contribution in [0.2, 0.25) is 13.1 Å². The minimum atomic E-state index is -1.94. The number of hydrogen-bond donors (Lipinski definition) is 0. The van der Waals surface area contributed by atoms with Gasteiger partial charge >= 0.3 is 0 Å². The van der Waals surface area contributed by atoms with Crippen LogP contribution in [0.15, 0.2) is 103 Å². The second-order valence-electron chi connectivity index (χ2n) is 7.83. The molecule has 0 aliphatic heterocycles. The molecule has 0 nitrogen and oxygen atoms in total. The van der Waals surface area contributed by atoms with Gasteiger partial charge in [-0.3, -0.25) is 0 Å². The summed E-state index contributed by atoms with van der Waals surface area (Å²) in [6.07, 6.45) is 4.49. The van der Waals surface area contributed by atoms with Crippen molar-refractivity contribution < 1.29 is 0 Å². The van der Waals surface area contributed by atoms with Gasteiger partial charge in [-0.1, -0.05) is 128 Å². The third kappa shape index (κ3) is 4.26. The van der Waals surface area contributed by atoms with Crippen molar-refractivity contribution in [1.29, 1.82) is 0 Å². The fraction of sp³-hybridized carbons (Fsp3) is 0.185. The summed E-state index contributed by atoms with van der Waals surface area (Å²) in [5.74, 6) is 0.345. The zero-order valence-electron chi connectivity index (χ0n) is 17.4. The van der Waals surface area contributed by atoms with E-state index in [2.05, 4.69) is 130 Å². The van der Waals surface area contributed by atoms with Gasteiger partial charge in [0.05, 0.1) is 0 Å².